The molecule has 1 N–H and O–H groups in total. The minimum Gasteiger partial charge on any atom is -0.337 e. The van der Waals surface area contributed by atoms with Crippen LogP contribution < -0.4 is 5.32 Å². The van der Waals surface area contributed by atoms with Gasteiger partial charge in [-0.15, -0.1) is 0 Å². The van der Waals surface area contributed by atoms with Crippen LogP contribution in [0.3, 0.4) is 0 Å². The fourth-order valence-corrected chi connectivity index (χ4v) is 3.15. The molecule has 3 rings (SSSR count). The van der Waals surface area contributed by atoms with Crippen LogP contribution in [-0.2, 0) is 13.6 Å². The zero-order chi connectivity index (χ0) is 16.9. The molecule has 8 heteroatoms. The van der Waals surface area contributed by atoms with Crippen LogP contribution in [0.4, 0.5) is 4.79 Å². The first-order valence-corrected chi connectivity index (χ1v) is 8.40. The van der Waals surface area contributed by atoms with Crippen LogP contribution in [0.1, 0.15) is 18.8 Å². The number of nitrogens with one attached hydrogen (secondary N) is 1. The molecule has 1 atom stereocenters. The van der Waals surface area contributed by atoms with Crippen molar-refractivity contribution in [2.75, 3.05) is 32.7 Å². The Kier molecular flexibility index (Phi) is 5.14. The average Bonchev–Trinajstić information content (AvgIpc) is 3.25. The molecule has 2 aromatic rings. The van der Waals surface area contributed by atoms with Crippen molar-refractivity contribution in [1.29, 1.82) is 0 Å². The van der Waals surface area contributed by atoms with E-state index in [1.165, 1.54) is 0 Å². The molecule has 24 heavy (non-hydrogen) atoms. The van der Waals surface area contributed by atoms with Gasteiger partial charge in [-0.1, -0.05) is 6.92 Å². The fraction of sp³-hybridized carbons (Fsp3) is 0.562. The monoisotopic (exact) mass is 331 g/mol. The zero-order valence-corrected chi connectivity index (χ0v) is 14.3. The Morgan fingerprint density at radius 1 is 1.33 bits per heavy atom. The second-order valence-corrected chi connectivity index (χ2v) is 5.99. The van der Waals surface area contributed by atoms with Crippen molar-refractivity contribution in [1.82, 2.24) is 34.4 Å². The van der Waals surface area contributed by atoms with Gasteiger partial charge >= 0.3 is 6.03 Å². The van der Waals surface area contributed by atoms with Gasteiger partial charge in [-0.25, -0.2) is 9.78 Å². The van der Waals surface area contributed by atoms with Crippen LogP contribution in [0.5, 0.6) is 0 Å². The van der Waals surface area contributed by atoms with E-state index in [9.17, 15) is 4.79 Å². The van der Waals surface area contributed by atoms with Gasteiger partial charge < -0.3 is 14.8 Å². The number of urea groups is 1. The third kappa shape index (κ3) is 3.59. The molecule has 0 bridgehead atoms. The summed E-state index contributed by atoms with van der Waals surface area (Å²) in [5.74, 6) is 1.01. The molecule has 8 nitrogen and oxygen atoms in total. The summed E-state index contributed by atoms with van der Waals surface area (Å²) in [6.45, 7) is 6.61. The van der Waals surface area contributed by atoms with Gasteiger partial charge in [0.15, 0.2) is 0 Å². The normalized spacial score (nSPS) is 18.8. The molecule has 2 amide bonds. The van der Waals surface area contributed by atoms with Gasteiger partial charge in [0.25, 0.3) is 0 Å². The van der Waals surface area contributed by atoms with Crippen LogP contribution in [0.25, 0.3) is 0 Å². The fourth-order valence-electron chi connectivity index (χ4n) is 3.15. The van der Waals surface area contributed by atoms with E-state index in [4.69, 9.17) is 0 Å². The number of imidazole rings is 1. The second kappa shape index (κ2) is 7.48. The molecule has 0 spiro atoms. The zero-order valence-electron chi connectivity index (χ0n) is 14.3. The highest BCUT2D eigenvalue weighted by molar-refractivity contribution is 5.74. The Hall–Kier alpha value is -2.35. The van der Waals surface area contributed by atoms with Crippen molar-refractivity contribution in [2.24, 2.45) is 7.05 Å². The third-order valence-electron chi connectivity index (χ3n) is 4.52. The molecule has 0 unspecified atom stereocenters. The molecule has 1 fully saturated rings. The lowest BCUT2D eigenvalue weighted by Crippen LogP contribution is -2.53. The predicted molar refractivity (Wildman–Crippen MR) is 90.4 cm³/mol. The Labute approximate surface area is 142 Å². The SMILES string of the molecule is CCN1CCN(C(=O)NCCn2cccn2)C[C@@H]1c1nccn1C. The topological polar surface area (TPSA) is 71.2 Å². The molecule has 0 saturated carbocycles. The van der Waals surface area contributed by atoms with Crippen LogP contribution in [0, 0.1) is 0 Å². The number of likely N-dealkylation sites (N-methyl/N-ethyl adjacent to an activating group) is 1. The lowest BCUT2D eigenvalue weighted by molar-refractivity contribution is 0.0878. The van der Waals surface area contributed by atoms with Crippen LogP contribution in [0.2, 0.25) is 0 Å². The molecule has 1 saturated heterocycles. The molecular weight excluding hydrogens is 306 g/mol. The first kappa shape index (κ1) is 16.5. The lowest BCUT2D eigenvalue weighted by Gasteiger charge is -2.40. The van der Waals surface area contributed by atoms with Crippen LogP contribution in [0.15, 0.2) is 30.9 Å². The van der Waals surface area contributed by atoms with Crippen molar-refractivity contribution < 1.29 is 4.79 Å². The van der Waals surface area contributed by atoms with Crippen LogP contribution in [-0.4, -0.2) is 67.9 Å². The van der Waals surface area contributed by atoms with Gasteiger partial charge in [-0.2, -0.15) is 5.10 Å². The number of hydrogen-bond donors (Lipinski definition) is 1. The molecule has 1 aliphatic rings. The number of aryl methyl sites for hydroxylation is 1. The number of rotatable bonds is 5. The summed E-state index contributed by atoms with van der Waals surface area (Å²) in [5.41, 5.74) is 0. The minimum atomic E-state index is -0.0166. The smallest absolute Gasteiger partial charge is 0.317 e. The van der Waals surface area contributed by atoms with E-state index in [2.05, 4.69) is 27.2 Å². The molecule has 130 valence electrons. The maximum atomic E-state index is 12.5. The van der Waals surface area contributed by atoms with E-state index in [1.54, 1.807) is 6.20 Å². The van der Waals surface area contributed by atoms with E-state index in [0.29, 0.717) is 19.6 Å². The van der Waals surface area contributed by atoms with E-state index < -0.39 is 0 Å². The number of carbonyl (C=O) groups is 1. The first-order valence-electron chi connectivity index (χ1n) is 8.40. The number of carbonyl (C=O) groups excluding carboxylic acids is 1. The number of hydrogen-bond acceptors (Lipinski definition) is 4. The van der Waals surface area contributed by atoms with E-state index in [1.807, 2.05) is 45.9 Å². The Bertz CT molecular complexity index is 651. The summed E-state index contributed by atoms with van der Waals surface area (Å²) in [6.07, 6.45) is 7.39. The molecular formula is C16H25N7O. The standard InChI is InChI=1S/C16H25N7O/c1-3-21-11-12-22(13-14(21)15-17-6-9-20(15)2)16(24)18-7-10-23-8-4-5-19-23/h4-6,8-9,14H,3,7,10-13H2,1-2H3,(H,18,24)/t14-/m1/s1. The first-order chi connectivity index (χ1) is 11.7. The van der Waals surface area contributed by atoms with Gasteiger partial charge in [0.1, 0.15) is 5.82 Å². The summed E-state index contributed by atoms with van der Waals surface area (Å²) < 4.78 is 3.85. The summed E-state index contributed by atoms with van der Waals surface area (Å²) >= 11 is 0. The largest absolute Gasteiger partial charge is 0.337 e. The highest BCUT2D eigenvalue weighted by Gasteiger charge is 2.31. The lowest BCUT2D eigenvalue weighted by atomic mass is 10.1. The highest BCUT2D eigenvalue weighted by atomic mass is 16.2. The summed E-state index contributed by atoms with van der Waals surface area (Å²) in [6, 6.07) is 2.00. The maximum absolute atomic E-state index is 12.5. The summed E-state index contributed by atoms with van der Waals surface area (Å²) in [5, 5.41) is 7.12. The quantitative estimate of drug-likeness (QED) is 0.876. The molecule has 0 radical (unpaired) electrons. The van der Waals surface area contributed by atoms with Gasteiger partial charge in [-0.05, 0) is 12.6 Å². The number of nitrogens with zero attached hydrogens (tertiary/aromatic N) is 6. The summed E-state index contributed by atoms with van der Waals surface area (Å²) in [7, 11) is 2.00. The Morgan fingerprint density at radius 2 is 2.21 bits per heavy atom. The van der Waals surface area contributed by atoms with Gasteiger partial charge in [0.05, 0.1) is 12.6 Å². The minimum absolute atomic E-state index is 0.0166. The molecule has 1 aliphatic heterocycles. The van der Waals surface area contributed by atoms with Crippen molar-refractivity contribution in [3.63, 3.8) is 0 Å². The third-order valence-corrected chi connectivity index (χ3v) is 4.52. The van der Waals surface area contributed by atoms with Gasteiger partial charge in [-0.3, -0.25) is 9.58 Å². The predicted octanol–water partition coefficient (Wildman–Crippen LogP) is 0.705. The Balaban J connectivity index is 1.58. The van der Waals surface area contributed by atoms with Crippen molar-refractivity contribution in [3.05, 3.63) is 36.7 Å². The van der Waals surface area contributed by atoms with Crippen molar-refractivity contribution >= 4 is 6.03 Å². The second-order valence-electron chi connectivity index (χ2n) is 5.99. The molecule has 0 aromatic carbocycles. The number of piperazine rings is 1. The van der Waals surface area contributed by atoms with Crippen molar-refractivity contribution in [2.45, 2.75) is 19.5 Å². The van der Waals surface area contributed by atoms with Crippen molar-refractivity contribution in [3.8, 4) is 0 Å². The number of amides is 2. The molecule has 0 aliphatic carbocycles. The number of aromatic nitrogens is 4. The maximum Gasteiger partial charge on any atom is 0.317 e. The van der Waals surface area contributed by atoms with E-state index in [-0.39, 0.29) is 12.1 Å². The van der Waals surface area contributed by atoms with Gasteiger partial charge in [0.2, 0.25) is 0 Å². The van der Waals surface area contributed by atoms with Crippen LogP contribution >= 0.6 is 0 Å². The van der Waals surface area contributed by atoms with E-state index in [0.717, 1.165) is 25.5 Å². The molecule has 3 heterocycles. The average molecular weight is 331 g/mol. The Morgan fingerprint density at radius 3 is 2.88 bits per heavy atom. The summed E-state index contributed by atoms with van der Waals surface area (Å²) in [4.78, 5) is 21.2. The van der Waals surface area contributed by atoms with E-state index >= 15 is 0 Å². The highest BCUT2D eigenvalue weighted by Crippen LogP contribution is 2.23. The molecule has 2 aromatic heterocycles. The van der Waals surface area contributed by atoms with Gasteiger partial charge in [0, 0.05) is 58.0 Å².